The number of nitrogens with zero attached hydrogens (tertiary/aromatic N) is 3. The van der Waals surface area contributed by atoms with E-state index in [0.717, 1.165) is 30.5 Å². The average molecular weight is 436 g/mol. The summed E-state index contributed by atoms with van der Waals surface area (Å²) in [5.41, 5.74) is 0.634. The average Bonchev–Trinajstić information content (AvgIpc) is 2.66. The zero-order valence-electron chi connectivity index (χ0n) is 18.1. The molecule has 0 aliphatic carbocycles. The monoisotopic (exact) mass is 436 g/mol. The number of aryl methyl sites for hydroxylation is 1. The van der Waals surface area contributed by atoms with E-state index in [1.807, 2.05) is 33.8 Å². The number of anilines is 1. The van der Waals surface area contributed by atoms with Crippen molar-refractivity contribution in [2.24, 2.45) is 0 Å². The maximum atomic E-state index is 12.8. The molecule has 1 aromatic carbocycles. The second-order valence-electron chi connectivity index (χ2n) is 8.75. The molecule has 0 saturated carbocycles. The van der Waals surface area contributed by atoms with E-state index in [1.54, 1.807) is 4.90 Å². The lowest BCUT2D eigenvalue weighted by Crippen LogP contribution is -2.47. The predicted molar refractivity (Wildman–Crippen MR) is 112 cm³/mol. The van der Waals surface area contributed by atoms with E-state index in [4.69, 9.17) is 4.74 Å². The predicted octanol–water partition coefficient (Wildman–Crippen LogP) is 5.28. The van der Waals surface area contributed by atoms with Gasteiger partial charge in [0.25, 0.3) is 0 Å². The summed E-state index contributed by atoms with van der Waals surface area (Å²) in [4.78, 5) is 14.0. The van der Waals surface area contributed by atoms with E-state index in [-0.39, 0.29) is 12.1 Å². The van der Waals surface area contributed by atoms with Crippen LogP contribution in [0.4, 0.5) is 23.8 Å². The van der Waals surface area contributed by atoms with E-state index in [2.05, 4.69) is 15.5 Å². The molecule has 6 nitrogen and oxygen atoms in total. The molecule has 1 atom stereocenters. The number of hydrogen-bond donors (Lipinski definition) is 1. The smallest absolute Gasteiger partial charge is 0.416 e. The van der Waals surface area contributed by atoms with Crippen molar-refractivity contribution < 1.29 is 22.7 Å². The normalized spacial score (nSPS) is 17.4. The van der Waals surface area contributed by atoms with Gasteiger partial charge < -0.3 is 15.0 Å². The minimum absolute atomic E-state index is 0.00638. The number of aromatic nitrogens is 2. The van der Waals surface area contributed by atoms with Gasteiger partial charge in [-0.1, -0.05) is 12.1 Å². The molecule has 168 valence electrons. The van der Waals surface area contributed by atoms with Gasteiger partial charge in [-0.25, -0.2) is 4.79 Å². The maximum Gasteiger partial charge on any atom is 0.416 e. The van der Waals surface area contributed by atoms with Crippen LogP contribution >= 0.6 is 0 Å². The van der Waals surface area contributed by atoms with Crippen LogP contribution in [0.15, 0.2) is 30.3 Å². The van der Waals surface area contributed by atoms with Crippen LogP contribution in [0, 0.1) is 6.92 Å². The molecule has 1 aromatic heterocycles. The second kappa shape index (κ2) is 8.72. The van der Waals surface area contributed by atoms with Crippen LogP contribution in [-0.2, 0) is 10.9 Å². The van der Waals surface area contributed by atoms with Crippen molar-refractivity contribution in [3.05, 3.63) is 41.5 Å². The van der Waals surface area contributed by atoms with Crippen LogP contribution in [0.2, 0.25) is 0 Å². The first-order chi connectivity index (χ1) is 14.4. The van der Waals surface area contributed by atoms with Gasteiger partial charge in [0.05, 0.1) is 11.3 Å². The van der Waals surface area contributed by atoms with Crippen LogP contribution < -0.4 is 5.32 Å². The molecule has 1 N–H and O–H groups in total. The number of likely N-dealkylation sites (tertiary alicyclic amines) is 1. The van der Waals surface area contributed by atoms with Crippen LogP contribution in [-0.4, -0.2) is 45.9 Å². The van der Waals surface area contributed by atoms with Gasteiger partial charge in [0.15, 0.2) is 0 Å². The van der Waals surface area contributed by atoms with Gasteiger partial charge in [-0.05, 0) is 64.3 Å². The molecule has 1 aliphatic heterocycles. The van der Waals surface area contributed by atoms with Crippen molar-refractivity contribution in [1.29, 1.82) is 0 Å². The molecule has 1 amide bonds. The molecule has 3 rings (SSSR count). The number of amides is 1. The Balaban J connectivity index is 1.67. The number of benzene rings is 1. The van der Waals surface area contributed by atoms with Crippen molar-refractivity contribution >= 4 is 11.9 Å². The molecule has 0 unspecified atom stereocenters. The number of carbonyl (C=O) groups is 1. The number of ether oxygens (including phenoxy) is 1. The molecule has 0 radical (unpaired) electrons. The number of hydrogen-bond acceptors (Lipinski definition) is 5. The number of rotatable bonds is 3. The summed E-state index contributed by atoms with van der Waals surface area (Å²) in [5.74, 6) is 0.559. The first-order valence-corrected chi connectivity index (χ1v) is 10.2. The molecule has 0 bridgehead atoms. The Morgan fingerprint density at radius 1 is 1.16 bits per heavy atom. The van der Waals surface area contributed by atoms with Gasteiger partial charge in [0.1, 0.15) is 11.4 Å². The first kappa shape index (κ1) is 22.8. The van der Waals surface area contributed by atoms with E-state index in [0.29, 0.717) is 30.2 Å². The summed E-state index contributed by atoms with van der Waals surface area (Å²) < 4.78 is 43.7. The van der Waals surface area contributed by atoms with Crippen LogP contribution in [0.5, 0.6) is 0 Å². The van der Waals surface area contributed by atoms with Crippen molar-refractivity contribution in [1.82, 2.24) is 15.1 Å². The molecule has 1 saturated heterocycles. The van der Waals surface area contributed by atoms with Gasteiger partial charge in [-0.2, -0.15) is 13.2 Å². The third-order valence-electron chi connectivity index (χ3n) is 4.90. The molecular formula is C22H27F3N4O2. The third-order valence-corrected chi connectivity index (χ3v) is 4.90. The molecule has 31 heavy (non-hydrogen) atoms. The van der Waals surface area contributed by atoms with E-state index < -0.39 is 17.3 Å². The zero-order valence-corrected chi connectivity index (χ0v) is 18.1. The summed E-state index contributed by atoms with van der Waals surface area (Å²) in [6.07, 6.45) is -2.99. The van der Waals surface area contributed by atoms with Crippen molar-refractivity contribution in [3.63, 3.8) is 0 Å². The second-order valence-corrected chi connectivity index (χ2v) is 8.75. The lowest BCUT2D eigenvalue weighted by atomic mass is 10.0. The lowest BCUT2D eigenvalue weighted by molar-refractivity contribution is -0.137. The standard InChI is InChI=1S/C22H27F3N4O2/c1-14-12-18(26-17-6-5-11-29(13-17)20(30)31-21(2,3)4)27-28-19(14)15-7-9-16(10-8-15)22(23,24)25/h7-10,12,17H,5-6,11,13H2,1-4H3,(H,26,27)/t17-/m1/s1. The third kappa shape index (κ3) is 6.08. The topological polar surface area (TPSA) is 67.4 Å². The Morgan fingerprint density at radius 2 is 1.84 bits per heavy atom. The molecule has 1 fully saturated rings. The lowest BCUT2D eigenvalue weighted by Gasteiger charge is -2.34. The number of piperidine rings is 1. The Kier molecular flexibility index (Phi) is 6.43. The summed E-state index contributed by atoms with van der Waals surface area (Å²) in [5, 5.41) is 11.7. The Labute approximate surface area is 179 Å². The van der Waals surface area contributed by atoms with Crippen LogP contribution in [0.1, 0.15) is 44.7 Å². The van der Waals surface area contributed by atoms with Gasteiger partial charge in [-0.3, -0.25) is 0 Å². The van der Waals surface area contributed by atoms with Crippen molar-refractivity contribution in [2.75, 3.05) is 18.4 Å². The number of halogens is 3. The highest BCUT2D eigenvalue weighted by Crippen LogP contribution is 2.31. The highest BCUT2D eigenvalue weighted by Gasteiger charge is 2.30. The van der Waals surface area contributed by atoms with Gasteiger partial charge >= 0.3 is 12.3 Å². The van der Waals surface area contributed by atoms with Crippen molar-refractivity contribution in [2.45, 2.75) is 58.4 Å². The number of carbonyl (C=O) groups excluding carboxylic acids is 1. The first-order valence-electron chi connectivity index (χ1n) is 10.2. The van der Waals surface area contributed by atoms with Crippen LogP contribution in [0.25, 0.3) is 11.3 Å². The Hall–Kier alpha value is -2.84. The van der Waals surface area contributed by atoms with E-state index in [9.17, 15) is 18.0 Å². The van der Waals surface area contributed by atoms with Crippen LogP contribution in [0.3, 0.4) is 0 Å². The molecule has 1 aliphatic rings. The molecule has 0 spiro atoms. The summed E-state index contributed by atoms with van der Waals surface area (Å²) in [6, 6.07) is 6.68. The zero-order chi connectivity index (χ0) is 22.8. The summed E-state index contributed by atoms with van der Waals surface area (Å²) in [7, 11) is 0. The maximum absolute atomic E-state index is 12.8. The highest BCUT2D eigenvalue weighted by molar-refractivity contribution is 5.68. The van der Waals surface area contributed by atoms with Gasteiger partial charge in [0, 0.05) is 24.7 Å². The SMILES string of the molecule is Cc1cc(N[C@@H]2CCCN(C(=O)OC(C)(C)C)C2)nnc1-c1ccc(C(F)(F)F)cc1. The molecular weight excluding hydrogens is 409 g/mol. The minimum atomic E-state index is -4.37. The fraction of sp³-hybridized carbons (Fsp3) is 0.500. The molecule has 2 aromatic rings. The largest absolute Gasteiger partial charge is 0.444 e. The van der Waals surface area contributed by atoms with E-state index >= 15 is 0 Å². The fourth-order valence-electron chi connectivity index (χ4n) is 3.45. The molecule has 2 heterocycles. The minimum Gasteiger partial charge on any atom is -0.444 e. The van der Waals surface area contributed by atoms with Crippen molar-refractivity contribution in [3.8, 4) is 11.3 Å². The summed E-state index contributed by atoms with van der Waals surface area (Å²) >= 11 is 0. The molecule has 9 heteroatoms. The van der Waals surface area contributed by atoms with Gasteiger partial charge in [-0.15, -0.1) is 10.2 Å². The number of nitrogens with one attached hydrogen (secondary N) is 1. The number of alkyl halides is 3. The Morgan fingerprint density at radius 3 is 2.42 bits per heavy atom. The fourth-order valence-corrected chi connectivity index (χ4v) is 3.45. The van der Waals surface area contributed by atoms with Gasteiger partial charge in [0.2, 0.25) is 0 Å². The highest BCUT2D eigenvalue weighted by atomic mass is 19.4. The quantitative estimate of drug-likeness (QED) is 0.709. The Bertz CT molecular complexity index is 924. The summed E-state index contributed by atoms with van der Waals surface area (Å²) in [6.45, 7) is 8.48. The van der Waals surface area contributed by atoms with E-state index in [1.165, 1.54) is 12.1 Å².